The van der Waals surface area contributed by atoms with Crippen LogP contribution in [0.25, 0.3) is 0 Å². The summed E-state index contributed by atoms with van der Waals surface area (Å²) in [6, 6.07) is 11.2. The molecule has 10 heteroatoms. The van der Waals surface area contributed by atoms with Crippen molar-refractivity contribution in [3.8, 4) is 0 Å². The average Bonchev–Trinajstić information content (AvgIpc) is 3.37. The van der Waals surface area contributed by atoms with Crippen LogP contribution in [0.15, 0.2) is 59.9 Å². The zero-order valence-corrected chi connectivity index (χ0v) is 21.2. The van der Waals surface area contributed by atoms with Crippen LogP contribution in [-0.2, 0) is 33.4 Å². The highest BCUT2D eigenvalue weighted by molar-refractivity contribution is 7.90. The number of imidazole rings is 1. The minimum atomic E-state index is -3.89. The minimum absolute atomic E-state index is 0.0162. The Morgan fingerprint density at radius 1 is 1.08 bits per heavy atom. The van der Waals surface area contributed by atoms with E-state index in [9.17, 15) is 22.0 Å². The summed E-state index contributed by atoms with van der Waals surface area (Å²) in [5, 5.41) is -0.118. The van der Waals surface area contributed by atoms with Crippen LogP contribution in [0.1, 0.15) is 47.3 Å². The van der Waals surface area contributed by atoms with Crippen LogP contribution >= 0.6 is 0 Å². The molecule has 0 spiro atoms. The summed E-state index contributed by atoms with van der Waals surface area (Å²) in [4.78, 5) is 19.2. The van der Waals surface area contributed by atoms with E-state index in [4.69, 9.17) is 4.74 Å². The van der Waals surface area contributed by atoms with Crippen molar-refractivity contribution in [2.45, 2.75) is 55.8 Å². The number of hydrogen-bond acceptors (Lipinski definition) is 5. The van der Waals surface area contributed by atoms with Crippen molar-refractivity contribution in [2.75, 3.05) is 13.2 Å². The van der Waals surface area contributed by atoms with Gasteiger partial charge in [0.15, 0.2) is 0 Å². The minimum Gasteiger partial charge on any atom is -0.376 e. The lowest BCUT2D eigenvalue weighted by Crippen LogP contribution is -2.34. The maximum Gasteiger partial charge on any atom is 0.257 e. The molecule has 0 N–H and O–H groups in total. The summed E-state index contributed by atoms with van der Waals surface area (Å²) >= 11 is 0. The van der Waals surface area contributed by atoms with E-state index in [-0.39, 0.29) is 35.7 Å². The van der Waals surface area contributed by atoms with Gasteiger partial charge in [0.2, 0.25) is 15.0 Å². The van der Waals surface area contributed by atoms with Gasteiger partial charge in [0.25, 0.3) is 5.91 Å². The number of sulfone groups is 1. The number of carbonyl (C=O) groups excluding carboxylic acids is 1. The highest BCUT2D eigenvalue weighted by Gasteiger charge is 2.31. The fourth-order valence-corrected chi connectivity index (χ4v) is 6.15. The van der Waals surface area contributed by atoms with Crippen molar-refractivity contribution in [1.29, 1.82) is 0 Å². The number of hydrogen-bond donors (Lipinski definition) is 0. The molecule has 1 atom stereocenters. The first-order chi connectivity index (χ1) is 17.8. The Hall–Kier alpha value is -3.11. The van der Waals surface area contributed by atoms with Crippen molar-refractivity contribution < 1.29 is 26.7 Å². The quantitative estimate of drug-likeness (QED) is 0.390. The Bertz CT molecular complexity index is 1360. The van der Waals surface area contributed by atoms with E-state index in [0.717, 1.165) is 25.7 Å². The topological polar surface area (TPSA) is 81.5 Å². The summed E-state index contributed by atoms with van der Waals surface area (Å²) in [5.41, 5.74) is 0.968. The van der Waals surface area contributed by atoms with Crippen molar-refractivity contribution in [1.82, 2.24) is 14.5 Å². The summed E-state index contributed by atoms with van der Waals surface area (Å²) in [5.74, 6) is -1.48. The van der Waals surface area contributed by atoms with Crippen LogP contribution in [0, 0.1) is 17.6 Å². The van der Waals surface area contributed by atoms with E-state index in [2.05, 4.69) is 4.98 Å². The molecule has 1 aromatic heterocycles. The number of aromatic nitrogens is 2. The average molecular weight is 530 g/mol. The molecular formula is C27H29F2N3O4S. The molecule has 0 bridgehead atoms. The van der Waals surface area contributed by atoms with E-state index in [1.54, 1.807) is 15.5 Å². The molecule has 2 aromatic carbocycles. The van der Waals surface area contributed by atoms with Gasteiger partial charge in [-0.25, -0.2) is 22.2 Å². The third-order valence-electron chi connectivity index (χ3n) is 6.78. The molecule has 37 heavy (non-hydrogen) atoms. The monoisotopic (exact) mass is 529 g/mol. The first-order valence-corrected chi connectivity index (χ1v) is 14.1. The molecule has 2 aliphatic rings. The molecule has 1 saturated carbocycles. The second-order valence-corrected chi connectivity index (χ2v) is 11.7. The lowest BCUT2D eigenvalue weighted by molar-refractivity contribution is 0.0718. The third-order valence-corrected chi connectivity index (χ3v) is 8.38. The van der Waals surface area contributed by atoms with Gasteiger partial charge in [-0.05, 0) is 61.4 Å². The number of ether oxygens (including phenoxy) is 1. The first kappa shape index (κ1) is 25.5. The van der Waals surface area contributed by atoms with E-state index in [1.165, 1.54) is 48.7 Å². The first-order valence-electron chi connectivity index (χ1n) is 12.5. The van der Waals surface area contributed by atoms with Gasteiger partial charge in [0.1, 0.15) is 11.6 Å². The number of halogens is 2. The van der Waals surface area contributed by atoms with Gasteiger partial charge in [-0.15, -0.1) is 0 Å². The van der Waals surface area contributed by atoms with Crippen LogP contribution in [0.4, 0.5) is 8.78 Å². The van der Waals surface area contributed by atoms with E-state index in [1.807, 2.05) is 0 Å². The second-order valence-electron chi connectivity index (χ2n) is 9.77. The Labute approximate surface area is 215 Å². The van der Waals surface area contributed by atoms with Gasteiger partial charge in [0.05, 0.1) is 42.4 Å². The predicted molar refractivity (Wildman–Crippen MR) is 132 cm³/mol. The van der Waals surface area contributed by atoms with Crippen LogP contribution in [0.2, 0.25) is 0 Å². The largest absolute Gasteiger partial charge is 0.376 e. The fraction of sp³-hybridized carbons (Fsp3) is 0.407. The van der Waals surface area contributed by atoms with Gasteiger partial charge in [-0.2, -0.15) is 0 Å². The summed E-state index contributed by atoms with van der Waals surface area (Å²) in [6.07, 6.45) is 4.95. The molecule has 1 amide bonds. The van der Waals surface area contributed by atoms with Crippen LogP contribution in [-0.4, -0.2) is 48.0 Å². The standard InChI is InChI=1S/C27H29F2N3O4S/c28-21-11-9-20(10-12-21)18-37(34,35)27-30-14-22(32(27)17-23-4-3-13-36-23)16-31(15-19-7-8-19)26(33)24-5-1-2-6-25(24)29/h1-2,5-6,9-12,14,19,23H,3-4,7-8,13,15-18H2/t23-/m0/s1. The molecule has 3 aromatic rings. The van der Waals surface area contributed by atoms with Crippen LogP contribution < -0.4 is 0 Å². The zero-order valence-electron chi connectivity index (χ0n) is 20.4. The van der Waals surface area contributed by atoms with Gasteiger partial charge in [-0.1, -0.05) is 24.3 Å². The van der Waals surface area contributed by atoms with Gasteiger partial charge >= 0.3 is 0 Å². The van der Waals surface area contributed by atoms with Crippen molar-refractivity contribution in [2.24, 2.45) is 5.92 Å². The molecular weight excluding hydrogens is 500 g/mol. The molecule has 2 heterocycles. The Balaban J connectivity index is 1.47. The number of rotatable bonds is 10. The highest BCUT2D eigenvalue weighted by atomic mass is 32.2. The molecule has 1 aliphatic carbocycles. The molecule has 5 rings (SSSR count). The Morgan fingerprint density at radius 3 is 2.51 bits per heavy atom. The van der Waals surface area contributed by atoms with Gasteiger partial charge in [-0.3, -0.25) is 4.79 Å². The van der Waals surface area contributed by atoms with E-state index < -0.39 is 27.4 Å². The second kappa shape index (κ2) is 10.7. The van der Waals surface area contributed by atoms with Crippen molar-refractivity contribution >= 4 is 15.7 Å². The smallest absolute Gasteiger partial charge is 0.257 e. The number of amides is 1. The van der Waals surface area contributed by atoms with Crippen molar-refractivity contribution in [3.63, 3.8) is 0 Å². The fourth-order valence-electron chi connectivity index (χ4n) is 4.65. The predicted octanol–water partition coefficient (Wildman–Crippen LogP) is 4.37. The molecule has 0 unspecified atom stereocenters. The molecule has 2 fully saturated rings. The van der Waals surface area contributed by atoms with Gasteiger partial charge < -0.3 is 14.2 Å². The Kier molecular flexibility index (Phi) is 7.39. The molecule has 1 aliphatic heterocycles. The van der Waals surface area contributed by atoms with Crippen molar-refractivity contribution in [3.05, 3.63) is 83.2 Å². The molecule has 0 radical (unpaired) electrons. The van der Waals surface area contributed by atoms with Crippen LogP contribution in [0.3, 0.4) is 0 Å². The van der Waals surface area contributed by atoms with Crippen LogP contribution in [0.5, 0.6) is 0 Å². The molecule has 7 nitrogen and oxygen atoms in total. The highest BCUT2D eigenvalue weighted by Crippen LogP contribution is 2.31. The summed E-state index contributed by atoms with van der Waals surface area (Å²) in [7, 11) is -3.89. The summed E-state index contributed by atoms with van der Waals surface area (Å²) in [6.45, 7) is 1.43. The lowest BCUT2D eigenvalue weighted by atomic mass is 10.1. The van der Waals surface area contributed by atoms with E-state index in [0.29, 0.717) is 30.3 Å². The maximum absolute atomic E-state index is 14.5. The summed E-state index contributed by atoms with van der Waals surface area (Å²) < 4.78 is 62.0. The lowest BCUT2D eigenvalue weighted by Gasteiger charge is -2.24. The molecule has 1 saturated heterocycles. The number of carbonyl (C=O) groups is 1. The third kappa shape index (κ3) is 6.07. The van der Waals surface area contributed by atoms with Gasteiger partial charge in [0, 0.05) is 13.2 Å². The normalized spacial score (nSPS) is 17.7. The number of benzene rings is 2. The Morgan fingerprint density at radius 2 is 1.84 bits per heavy atom. The zero-order chi connectivity index (χ0) is 26.0. The maximum atomic E-state index is 14.5. The molecule has 196 valence electrons. The van der Waals surface area contributed by atoms with E-state index >= 15 is 0 Å². The SMILES string of the molecule is O=C(c1ccccc1F)N(Cc1cnc(S(=O)(=O)Cc2ccc(F)cc2)n1C[C@@H]1CCCO1)CC1CC1. The number of nitrogens with zero attached hydrogens (tertiary/aromatic N) is 3.